The zero-order valence-electron chi connectivity index (χ0n) is 64.3. The van der Waals surface area contributed by atoms with Crippen molar-refractivity contribution in [1.29, 1.82) is 0 Å². The van der Waals surface area contributed by atoms with E-state index >= 15 is 0 Å². The highest BCUT2D eigenvalue weighted by Gasteiger charge is 2.30. The fraction of sp³-hybridized carbons (Fsp3) is 0.949. The van der Waals surface area contributed by atoms with Gasteiger partial charge in [0, 0.05) is 25.7 Å². The molecule has 0 amide bonds. The predicted molar refractivity (Wildman–Crippen MR) is 400 cm³/mol. The Bertz CT molecular complexity index is 1910. The maximum Gasteiger partial charge on any atom is 0.472 e. The summed E-state index contributed by atoms with van der Waals surface area (Å²) in [7, 11) is -9.92. The Morgan fingerprint density at radius 1 is 0.296 bits per heavy atom. The molecule has 0 spiro atoms. The van der Waals surface area contributed by atoms with E-state index in [2.05, 4.69) is 48.5 Å². The SMILES string of the molecule is CCCCCCCCCCCCCCCCCCCC(=O)OC[C@H](COP(=O)(O)OC[C@@H](O)COP(=O)(O)OC[C@@H](COC(=O)CCCCCCCCC(C)C)OC(=O)CCCCCCCCCCCCCC(C)C)OC(=O)CCCCCCCCCCCCCCCCC(C)CC. The number of carbonyl (C=O) groups is 4. The maximum atomic E-state index is 13.1. The van der Waals surface area contributed by atoms with Crippen LogP contribution >= 0.6 is 15.6 Å². The molecule has 0 bridgehead atoms. The molecule has 6 atom stereocenters. The van der Waals surface area contributed by atoms with Crippen LogP contribution in [0.2, 0.25) is 0 Å². The van der Waals surface area contributed by atoms with Crippen molar-refractivity contribution in [3.05, 3.63) is 0 Å². The summed E-state index contributed by atoms with van der Waals surface area (Å²) in [6.45, 7) is 11.9. The molecule has 98 heavy (non-hydrogen) atoms. The number of ether oxygens (including phenoxy) is 4. The van der Waals surface area contributed by atoms with Gasteiger partial charge < -0.3 is 33.8 Å². The second kappa shape index (κ2) is 69.4. The number of rotatable bonds is 77. The van der Waals surface area contributed by atoms with Gasteiger partial charge in [-0.05, 0) is 43.4 Å². The number of esters is 4. The molecular weight excluding hydrogens is 1280 g/mol. The largest absolute Gasteiger partial charge is 0.472 e. The molecule has 0 saturated heterocycles. The van der Waals surface area contributed by atoms with Crippen LogP contribution in [0.1, 0.15) is 408 Å². The minimum atomic E-state index is -4.96. The van der Waals surface area contributed by atoms with Gasteiger partial charge in [0.2, 0.25) is 0 Å². The highest BCUT2D eigenvalue weighted by molar-refractivity contribution is 7.47. The number of carbonyl (C=O) groups excluding carboxylic acids is 4. The van der Waals surface area contributed by atoms with E-state index in [0.29, 0.717) is 31.6 Å². The van der Waals surface area contributed by atoms with Gasteiger partial charge in [0.15, 0.2) is 12.2 Å². The predicted octanol–water partition coefficient (Wildman–Crippen LogP) is 23.4. The Kier molecular flexibility index (Phi) is 68.1. The molecule has 0 heterocycles. The minimum absolute atomic E-state index is 0.105. The first kappa shape index (κ1) is 96.1. The number of aliphatic hydroxyl groups excluding tert-OH is 1. The molecule has 0 aromatic rings. The van der Waals surface area contributed by atoms with Gasteiger partial charge in [-0.1, -0.05) is 357 Å². The Balaban J connectivity index is 5.24. The van der Waals surface area contributed by atoms with Crippen LogP contribution in [0.4, 0.5) is 0 Å². The van der Waals surface area contributed by atoms with Gasteiger partial charge in [-0.2, -0.15) is 0 Å². The topological polar surface area (TPSA) is 237 Å². The molecule has 3 unspecified atom stereocenters. The summed E-state index contributed by atoms with van der Waals surface area (Å²) in [4.78, 5) is 72.9. The zero-order chi connectivity index (χ0) is 72.3. The molecular formula is C79H154O17P2. The van der Waals surface area contributed by atoms with E-state index in [1.54, 1.807) is 0 Å². The molecule has 0 aliphatic heterocycles. The monoisotopic (exact) mass is 1440 g/mol. The third-order valence-corrected chi connectivity index (χ3v) is 20.6. The van der Waals surface area contributed by atoms with Gasteiger partial charge in [-0.15, -0.1) is 0 Å². The summed E-state index contributed by atoms with van der Waals surface area (Å²) < 4.78 is 68.6. The quantitative estimate of drug-likeness (QED) is 0.0222. The van der Waals surface area contributed by atoms with Gasteiger partial charge >= 0.3 is 39.5 Å². The van der Waals surface area contributed by atoms with E-state index in [0.717, 1.165) is 108 Å². The van der Waals surface area contributed by atoms with Crippen LogP contribution in [-0.4, -0.2) is 96.7 Å². The highest BCUT2D eigenvalue weighted by Crippen LogP contribution is 2.45. The number of unbranched alkanes of at least 4 members (excludes halogenated alkanes) is 44. The zero-order valence-corrected chi connectivity index (χ0v) is 66.0. The Hall–Kier alpha value is -1.94. The van der Waals surface area contributed by atoms with Crippen LogP contribution in [0.15, 0.2) is 0 Å². The molecule has 0 aromatic heterocycles. The van der Waals surface area contributed by atoms with Crippen molar-refractivity contribution in [3.8, 4) is 0 Å². The molecule has 3 N–H and O–H groups in total. The van der Waals surface area contributed by atoms with Crippen LogP contribution in [0.25, 0.3) is 0 Å². The van der Waals surface area contributed by atoms with Crippen molar-refractivity contribution in [3.63, 3.8) is 0 Å². The van der Waals surface area contributed by atoms with Gasteiger partial charge in [0.25, 0.3) is 0 Å². The van der Waals surface area contributed by atoms with Crippen LogP contribution < -0.4 is 0 Å². The maximum absolute atomic E-state index is 13.1. The summed E-state index contributed by atoms with van der Waals surface area (Å²) in [5, 5.41) is 10.6. The molecule has 0 radical (unpaired) electrons. The second-order valence-corrected chi connectivity index (χ2v) is 32.6. The van der Waals surface area contributed by atoms with Gasteiger partial charge in [0.1, 0.15) is 19.3 Å². The molecule has 0 aromatic carbocycles. The Labute approximate surface area is 600 Å². The summed E-state index contributed by atoms with van der Waals surface area (Å²) >= 11 is 0. The van der Waals surface area contributed by atoms with Crippen molar-refractivity contribution < 1.29 is 80.2 Å². The van der Waals surface area contributed by atoms with E-state index in [-0.39, 0.29) is 25.7 Å². The van der Waals surface area contributed by atoms with Crippen LogP contribution in [0, 0.1) is 17.8 Å². The van der Waals surface area contributed by atoms with Crippen LogP contribution in [-0.2, 0) is 65.4 Å². The number of aliphatic hydroxyl groups is 1. The van der Waals surface area contributed by atoms with Crippen LogP contribution in [0.5, 0.6) is 0 Å². The Morgan fingerprint density at radius 2 is 0.520 bits per heavy atom. The van der Waals surface area contributed by atoms with E-state index in [4.69, 9.17) is 37.0 Å². The van der Waals surface area contributed by atoms with Crippen molar-refractivity contribution in [1.82, 2.24) is 0 Å². The van der Waals surface area contributed by atoms with E-state index in [9.17, 15) is 43.2 Å². The number of hydrogen-bond donors (Lipinski definition) is 3. The molecule has 17 nitrogen and oxygen atoms in total. The smallest absolute Gasteiger partial charge is 0.462 e. The van der Waals surface area contributed by atoms with E-state index in [1.807, 2.05) is 0 Å². The van der Waals surface area contributed by atoms with Gasteiger partial charge in [0.05, 0.1) is 26.4 Å². The van der Waals surface area contributed by atoms with Gasteiger partial charge in [-0.3, -0.25) is 37.3 Å². The number of phosphoric ester groups is 2. The lowest BCUT2D eigenvalue weighted by Crippen LogP contribution is -2.30. The van der Waals surface area contributed by atoms with Crippen molar-refractivity contribution in [2.24, 2.45) is 17.8 Å². The molecule has 0 aliphatic carbocycles. The summed E-state index contributed by atoms with van der Waals surface area (Å²) in [6.07, 6.45) is 57.0. The van der Waals surface area contributed by atoms with Crippen molar-refractivity contribution >= 4 is 39.5 Å². The average Bonchev–Trinajstić information content (AvgIpc) is 1.07. The third-order valence-electron chi connectivity index (χ3n) is 18.7. The highest BCUT2D eigenvalue weighted by atomic mass is 31.2. The normalized spacial score (nSPS) is 14.3. The second-order valence-electron chi connectivity index (χ2n) is 29.6. The Morgan fingerprint density at radius 3 is 0.776 bits per heavy atom. The lowest BCUT2D eigenvalue weighted by Gasteiger charge is -2.21. The molecule has 582 valence electrons. The first-order valence-corrected chi connectivity index (χ1v) is 43.9. The van der Waals surface area contributed by atoms with Crippen molar-refractivity contribution in [2.75, 3.05) is 39.6 Å². The van der Waals surface area contributed by atoms with E-state index < -0.39 is 97.5 Å². The fourth-order valence-electron chi connectivity index (χ4n) is 12.1. The standard InChI is InChI=1S/C79H154O17P2/c1-8-10-11-12-13-14-15-16-17-18-19-23-28-33-38-46-53-60-76(81)89-66-74(95-78(83)62-55-48-39-34-29-24-21-20-22-27-32-37-45-52-59-72(7)9-2)68-93-97(85,86)91-64-73(80)65-92-98(87,88)94-69-75(67-90-77(82)61-54-47-42-41-44-51-58-71(5)6)96-79(84)63-56-49-40-35-30-25-26-31-36-43-50-57-70(3)4/h70-75,80H,8-69H2,1-7H3,(H,85,86)(H,87,88)/t72?,73-,74-,75-/m1/s1. The molecule has 0 rings (SSSR count). The average molecular weight is 1440 g/mol. The lowest BCUT2D eigenvalue weighted by atomic mass is 9.99. The molecule has 0 aliphatic rings. The van der Waals surface area contributed by atoms with E-state index in [1.165, 1.54) is 212 Å². The fourth-order valence-corrected chi connectivity index (χ4v) is 13.7. The number of hydrogen-bond acceptors (Lipinski definition) is 15. The first-order valence-electron chi connectivity index (χ1n) is 40.9. The molecule has 0 fully saturated rings. The first-order chi connectivity index (χ1) is 47.3. The molecule has 0 saturated carbocycles. The minimum Gasteiger partial charge on any atom is -0.462 e. The molecule has 19 heteroatoms. The van der Waals surface area contributed by atoms with Gasteiger partial charge in [-0.25, -0.2) is 9.13 Å². The summed E-state index contributed by atoms with van der Waals surface area (Å²) in [5.41, 5.74) is 0. The van der Waals surface area contributed by atoms with Crippen LogP contribution in [0.3, 0.4) is 0 Å². The summed E-state index contributed by atoms with van der Waals surface area (Å²) in [5.74, 6) is 0.175. The third kappa shape index (κ3) is 71.1. The number of phosphoric acid groups is 2. The lowest BCUT2D eigenvalue weighted by molar-refractivity contribution is -0.161. The summed E-state index contributed by atoms with van der Waals surface area (Å²) in [6, 6.07) is 0. The van der Waals surface area contributed by atoms with Crippen molar-refractivity contribution in [2.45, 2.75) is 426 Å².